The number of carbonyl (C=O) groups excluding carboxylic acids is 1. The lowest BCUT2D eigenvalue weighted by Crippen LogP contribution is -2.41. The van der Waals surface area contributed by atoms with Crippen LogP contribution in [0.3, 0.4) is 0 Å². The Kier molecular flexibility index (Phi) is 5.12. The van der Waals surface area contributed by atoms with Gasteiger partial charge in [-0.25, -0.2) is 8.42 Å². The zero-order valence-electron chi connectivity index (χ0n) is 13.5. The van der Waals surface area contributed by atoms with Crippen LogP contribution in [0.5, 0.6) is 5.75 Å². The molecule has 2 aromatic rings. The molecule has 1 atom stereocenters. The molecule has 1 fully saturated rings. The molecule has 1 amide bonds. The highest BCUT2D eigenvalue weighted by Crippen LogP contribution is 2.25. The third kappa shape index (κ3) is 3.86. The summed E-state index contributed by atoms with van der Waals surface area (Å²) in [5.74, 6) is 0.436. The molecule has 6 nitrogen and oxygen atoms in total. The molecule has 1 heterocycles. The van der Waals surface area contributed by atoms with Gasteiger partial charge < -0.3 is 9.64 Å². The van der Waals surface area contributed by atoms with Crippen molar-refractivity contribution in [1.29, 1.82) is 0 Å². The normalized spacial score (nSPS) is 17.8. The summed E-state index contributed by atoms with van der Waals surface area (Å²) in [6.45, 7) is 0.455. The van der Waals surface area contributed by atoms with Crippen LogP contribution in [0, 0.1) is 0 Å². The summed E-state index contributed by atoms with van der Waals surface area (Å²) in [4.78, 5) is 14.3. The van der Waals surface area contributed by atoms with Crippen molar-refractivity contribution in [3.05, 3.63) is 53.0 Å². The van der Waals surface area contributed by atoms with Crippen molar-refractivity contribution in [2.24, 2.45) is 0 Å². The summed E-state index contributed by atoms with van der Waals surface area (Å²) in [6, 6.07) is 12.7. The van der Waals surface area contributed by atoms with Crippen molar-refractivity contribution in [2.75, 3.05) is 18.6 Å². The highest BCUT2D eigenvalue weighted by Gasteiger charge is 2.35. The first-order valence-corrected chi connectivity index (χ1v) is 9.91. The maximum Gasteiger partial charge on any atom is 0.245 e. The second-order valence-electron chi connectivity index (χ2n) is 5.61. The van der Waals surface area contributed by atoms with E-state index in [0.29, 0.717) is 23.2 Å². The lowest BCUT2D eigenvalue weighted by Gasteiger charge is -2.17. The lowest BCUT2D eigenvalue weighted by molar-refractivity contribution is -0.118. The van der Waals surface area contributed by atoms with Gasteiger partial charge in [0.15, 0.2) is 0 Å². The van der Waals surface area contributed by atoms with Gasteiger partial charge in [-0.2, -0.15) is 4.72 Å². The predicted octanol–water partition coefficient (Wildman–Crippen LogP) is 2.54. The molecule has 0 aromatic heterocycles. The minimum Gasteiger partial charge on any atom is -0.497 e. The summed E-state index contributed by atoms with van der Waals surface area (Å²) in [6.07, 6.45) is 0.415. The van der Waals surface area contributed by atoms with Gasteiger partial charge in [-0.15, -0.1) is 0 Å². The number of amides is 1. The fourth-order valence-electron chi connectivity index (χ4n) is 2.70. The van der Waals surface area contributed by atoms with E-state index >= 15 is 0 Å². The van der Waals surface area contributed by atoms with E-state index in [2.05, 4.69) is 20.7 Å². The minimum absolute atomic E-state index is 0.123. The van der Waals surface area contributed by atoms with Crippen molar-refractivity contribution >= 4 is 37.5 Å². The summed E-state index contributed by atoms with van der Waals surface area (Å²) >= 11 is 3.25. The Morgan fingerprint density at radius 3 is 2.56 bits per heavy atom. The number of nitrogens with zero attached hydrogens (tertiary/aromatic N) is 1. The minimum atomic E-state index is -3.76. The van der Waals surface area contributed by atoms with E-state index in [1.807, 2.05) is 0 Å². The topological polar surface area (TPSA) is 75.7 Å². The molecule has 132 valence electrons. The second kappa shape index (κ2) is 7.15. The van der Waals surface area contributed by atoms with Crippen LogP contribution in [0.15, 0.2) is 57.9 Å². The number of halogens is 1. The average Bonchev–Trinajstić information content (AvgIpc) is 2.95. The molecule has 8 heteroatoms. The number of rotatable bonds is 5. The zero-order valence-corrected chi connectivity index (χ0v) is 15.9. The van der Waals surface area contributed by atoms with Gasteiger partial charge in [-0.3, -0.25) is 4.79 Å². The van der Waals surface area contributed by atoms with E-state index in [1.165, 1.54) is 12.1 Å². The molecule has 1 aliphatic heterocycles. The molecule has 0 bridgehead atoms. The quantitative estimate of drug-likeness (QED) is 0.799. The molecule has 1 aliphatic rings. The molecular formula is C17H17BrN2O4S. The van der Waals surface area contributed by atoms with Gasteiger partial charge in [0.2, 0.25) is 15.9 Å². The number of anilines is 1. The Bertz CT molecular complexity index is 884. The summed E-state index contributed by atoms with van der Waals surface area (Å²) in [7, 11) is -2.19. The van der Waals surface area contributed by atoms with Crippen LogP contribution in [0.2, 0.25) is 0 Å². The number of sulfonamides is 1. The third-order valence-electron chi connectivity index (χ3n) is 3.99. The number of hydrogen-bond donors (Lipinski definition) is 1. The lowest BCUT2D eigenvalue weighted by atomic mass is 10.2. The van der Waals surface area contributed by atoms with E-state index in [9.17, 15) is 13.2 Å². The molecule has 0 saturated carbocycles. The number of carbonyl (C=O) groups is 1. The highest BCUT2D eigenvalue weighted by molar-refractivity contribution is 9.10. The molecule has 0 spiro atoms. The van der Waals surface area contributed by atoms with Gasteiger partial charge in [-0.05, 0) is 48.9 Å². The van der Waals surface area contributed by atoms with Crippen LogP contribution >= 0.6 is 15.9 Å². The molecule has 0 aliphatic carbocycles. The molecule has 1 saturated heterocycles. The van der Waals surface area contributed by atoms with E-state index in [0.717, 1.165) is 5.69 Å². The van der Waals surface area contributed by atoms with Crippen LogP contribution < -0.4 is 14.4 Å². The number of benzene rings is 2. The molecule has 0 unspecified atom stereocenters. The molecule has 25 heavy (non-hydrogen) atoms. The van der Waals surface area contributed by atoms with Crippen molar-refractivity contribution in [3.63, 3.8) is 0 Å². The van der Waals surface area contributed by atoms with Gasteiger partial charge in [0.05, 0.1) is 12.0 Å². The van der Waals surface area contributed by atoms with Crippen LogP contribution in [-0.4, -0.2) is 34.0 Å². The van der Waals surface area contributed by atoms with Crippen molar-refractivity contribution in [3.8, 4) is 5.75 Å². The maximum atomic E-state index is 12.6. The van der Waals surface area contributed by atoms with E-state index < -0.39 is 16.1 Å². The number of nitrogens with one attached hydrogen (secondary N) is 1. The standard InChI is InChI=1S/C17H17BrN2O4S/c1-24-14-7-5-13(6-8-14)20-10-9-16(17(20)21)19-25(22,23)15-4-2-3-12(18)11-15/h2-8,11,16,19H,9-10H2,1H3/t16-/m1/s1. The van der Waals surface area contributed by atoms with Gasteiger partial charge in [0.25, 0.3) is 0 Å². The van der Waals surface area contributed by atoms with Gasteiger partial charge >= 0.3 is 0 Å². The van der Waals surface area contributed by atoms with Crippen LogP contribution in [0.4, 0.5) is 5.69 Å². The third-order valence-corrected chi connectivity index (χ3v) is 5.96. The Morgan fingerprint density at radius 2 is 1.92 bits per heavy atom. The first-order chi connectivity index (χ1) is 11.9. The second-order valence-corrected chi connectivity index (χ2v) is 8.24. The van der Waals surface area contributed by atoms with Gasteiger partial charge in [-0.1, -0.05) is 22.0 Å². The Balaban J connectivity index is 1.75. The zero-order chi connectivity index (χ0) is 18.0. The first-order valence-electron chi connectivity index (χ1n) is 7.64. The average molecular weight is 425 g/mol. The molecule has 3 rings (SSSR count). The monoisotopic (exact) mass is 424 g/mol. The summed E-state index contributed by atoms with van der Waals surface area (Å²) in [5.41, 5.74) is 0.718. The molecule has 0 radical (unpaired) electrons. The Labute approximate surface area is 155 Å². The van der Waals surface area contributed by atoms with Crippen LogP contribution in [-0.2, 0) is 14.8 Å². The number of hydrogen-bond acceptors (Lipinski definition) is 4. The molecule has 2 aromatic carbocycles. The first kappa shape index (κ1) is 17.9. The van der Waals surface area contributed by atoms with Crippen molar-refractivity contribution < 1.29 is 17.9 Å². The summed E-state index contributed by atoms with van der Waals surface area (Å²) in [5, 5.41) is 0. The number of ether oxygens (including phenoxy) is 1. The molecular weight excluding hydrogens is 408 g/mol. The van der Waals surface area contributed by atoms with E-state index in [1.54, 1.807) is 48.4 Å². The summed E-state index contributed by atoms with van der Waals surface area (Å²) < 4.78 is 33.3. The Hall–Kier alpha value is -1.90. The van der Waals surface area contributed by atoms with Crippen LogP contribution in [0.1, 0.15) is 6.42 Å². The SMILES string of the molecule is COc1ccc(N2CC[C@@H](NS(=O)(=O)c3cccc(Br)c3)C2=O)cc1. The Morgan fingerprint density at radius 1 is 1.20 bits per heavy atom. The highest BCUT2D eigenvalue weighted by atomic mass is 79.9. The largest absolute Gasteiger partial charge is 0.497 e. The van der Waals surface area contributed by atoms with Gasteiger partial charge in [0, 0.05) is 16.7 Å². The fraction of sp³-hybridized carbons (Fsp3) is 0.235. The maximum absolute atomic E-state index is 12.6. The van der Waals surface area contributed by atoms with Crippen molar-refractivity contribution in [1.82, 2.24) is 4.72 Å². The van der Waals surface area contributed by atoms with Gasteiger partial charge in [0.1, 0.15) is 11.8 Å². The fourth-order valence-corrected chi connectivity index (χ4v) is 4.52. The number of methoxy groups -OCH3 is 1. The van der Waals surface area contributed by atoms with Crippen molar-refractivity contribution in [2.45, 2.75) is 17.4 Å². The molecule has 1 N–H and O–H groups in total. The van der Waals surface area contributed by atoms with E-state index in [-0.39, 0.29) is 10.8 Å². The predicted molar refractivity (Wildman–Crippen MR) is 98.2 cm³/mol. The van der Waals surface area contributed by atoms with E-state index in [4.69, 9.17) is 4.74 Å². The smallest absolute Gasteiger partial charge is 0.245 e. The van der Waals surface area contributed by atoms with Crippen LogP contribution in [0.25, 0.3) is 0 Å².